The minimum absolute atomic E-state index is 1.02. The van der Waals surface area contributed by atoms with Crippen molar-refractivity contribution in [1.29, 1.82) is 0 Å². The van der Waals surface area contributed by atoms with Gasteiger partial charge in [0.05, 0.1) is 11.0 Å². The van der Waals surface area contributed by atoms with E-state index in [2.05, 4.69) is 348 Å². The first-order valence-corrected chi connectivity index (χ1v) is 27.7. The van der Waals surface area contributed by atoms with E-state index in [9.17, 15) is 0 Å². The van der Waals surface area contributed by atoms with Crippen molar-refractivity contribution >= 4 is 55.9 Å². The van der Waals surface area contributed by atoms with Crippen LogP contribution in [-0.2, 0) is 0 Å². The Hall–Kier alpha value is -10.7. The number of anilines is 6. The first-order valence-electron chi connectivity index (χ1n) is 27.7. The smallest absolute Gasteiger partial charge is 0.0541 e. The molecule has 0 spiro atoms. The van der Waals surface area contributed by atoms with Crippen LogP contribution in [0.1, 0.15) is 0 Å². The van der Waals surface area contributed by atoms with Crippen molar-refractivity contribution in [2.75, 3.05) is 9.80 Å². The van der Waals surface area contributed by atoms with Crippen LogP contribution < -0.4 is 9.80 Å². The number of benzene rings is 13. The zero-order valence-electron chi connectivity index (χ0n) is 44.6. The highest BCUT2D eigenvalue weighted by Gasteiger charge is 2.22. The first kappa shape index (κ1) is 48.6. The van der Waals surface area contributed by atoms with E-state index < -0.39 is 0 Å². The lowest BCUT2D eigenvalue weighted by atomic mass is 9.99. The topological polar surface area (TPSA) is 11.4 Å². The van der Waals surface area contributed by atoms with Gasteiger partial charge in [-0.3, -0.25) is 0 Å². The van der Waals surface area contributed by atoms with Gasteiger partial charge in [-0.05, 0) is 164 Å². The monoisotopic (exact) mass is 1030 g/mol. The van der Waals surface area contributed by atoms with Crippen LogP contribution in [-0.4, -0.2) is 4.57 Å². The van der Waals surface area contributed by atoms with E-state index in [-0.39, 0.29) is 0 Å². The molecular weight excluding hydrogens is 979 g/mol. The summed E-state index contributed by atoms with van der Waals surface area (Å²) in [6, 6.07) is 121. The summed E-state index contributed by atoms with van der Waals surface area (Å²) in [6.07, 6.45) is 0. The predicted octanol–water partition coefficient (Wildman–Crippen LogP) is 21.7. The molecule has 14 aromatic rings. The SMILES string of the molecule is c1ccc(-c2ccc(N(c3ccc(-c4ccccc4)cc3)c3cc(-c4ccc5c(c4)c4ccccc4n5-c4ccc(-c5ccccc5)cc4)cc(N(c4ccc(-c5ccccc5)cc4)c4ccc(-c5ccccc5)cc4)c3)cc2)cc1. The number of hydrogen-bond acceptors (Lipinski definition) is 2. The van der Waals surface area contributed by atoms with Gasteiger partial charge in [-0.1, -0.05) is 237 Å². The standard InChI is InChI=1S/C78H55N3/c1-6-18-56(19-7-1)61-30-41-68(42-31-61)79(69-43-32-62(33-44-69)57-20-8-2-9-21-57)73-52-67(66-40-51-78-76(54-66)75-28-16-17-29-77(75)81(78)72-49-38-65(39-50-72)60-26-14-5-15-27-60)53-74(55-73)80(70-45-34-63(35-46-70)58-22-10-3-11-23-58)71-47-36-64(37-48-71)59-24-12-4-13-25-59/h1-55H. The summed E-state index contributed by atoms with van der Waals surface area (Å²) in [5, 5.41) is 2.40. The maximum absolute atomic E-state index is 2.41. The van der Waals surface area contributed by atoms with Crippen LogP contribution in [0.3, 0.4) is 0 Å². The van der Waals surface area contributed by atoms with E-state index in [1.807, 2.05) is 0 Å². The highest BCUT2D eigenvalue weighted by atomic mass is 15.2. The Morgan fingerprint density at radius 1 is 0.173 bits per heavy atom. The van der Waals surface area contributed by atoms with Gasteiger partial charge in [0, 0.05) is 50.6 Å². The third kappa shape index (κ3) is 9.75. The Morgan fingerprint density at radius 2 is 0.457 bits per heavy atom. The molecule has 0 radical (unpaired) electrons. The first-order chi connectivity index (χ1) is 40.1. The fraction of sp³-hybridized carbons (Fsp3) is 0. The molecule has 0 bridgehead atoms. The van der Waals surface area contributed by atoms with Crippen LogP contribution in [0.5, 0.6) is 0 Å². The lowest BCUT2D eigenvalue weighted by Crippen LogP contribution is -2.13. The maximum Gasteiger partial charge on any atom is 0.0541 e. The lowest BCUT2D eigenvalue weighted by Gasteiger charge is -2.31. The van der Waals surface area contributed by atoms with E-state index in [1.165, 1.54) is 49.7 Å². The van der Waals surface area contributed by atoms with Gasteiger partial charge >= 0.3 is 0 Å². The molecule has 382 valence electrons. The van der Waals surface area contributed by atoms with Crippen LogP contribution in [0.2, 0.25) is 0 Å². The van der Waals surface area contributed by atoms with Gasteiger partial charge in [0.2, 0.25) is 0 Å². The van der Waals surface area contributed by atoms with Crippen LogP contribution in [0.4, 0.5) is 34.1 Å². The van der Waals surface area contributed by atoms with Crippen molar-refractivity contribution in [2.24, 2.45) is 0 Å². The lowest BCUT2D eigenvalue weighted by molar-refractivity contribution is 1.18. The Labute approximate surface area is 473 Å². The molecule has 0 fully saturated rings. The molecule has 0 N–H and O–H groups in total. The third-order valence-corrected chi connectivity index (χ3v) is 15.6. The van der Waals surface area contributed by atoms with Crippen LogP contribution in [0.15, 0.2) is 334 Å². The molecule has 0 aliphatic carbocycles. The van der Waals surface area contributed by atoms with E-state index in [4.69, 9.17) is 0 Å². The van der Waals surface area contributed by atoms with Gasteiger partial charge in [-0.15, -0.1) is 0 Å². The highest BCUT2D eigenvalue weighted by molar-refractivity contribution is 6.10. The normalized spacial score (nSPS) is 11.2. The number of para-hydroxylation sites is 1. The summed E-state index contributed by atoms with van der Waals surface area (Å²) in [4.78, 5) is 4.82. The Kier molecular flexibility index (Phi) is 13.0. The number of hydrogen-bond donors (Lipinski definition) is 0. The second-order valence-electron chi connectivity index (χ2n) is 20.6. The molecule has 3 heteroatoms. The molecule has 0 amide bonds. The molecule has 1 heterocycles. The zero-order chi connectivity index (χ0) is 53.9. The molecule has 3 nitrogen and oxygen atoms in total. The van der Waals surface area contributed by atoms with Gasteiger partial charge in [0.1, 0.15) is 0 Å². The van der Waals surface area contributed by atoms with E-state index in [0.29, 0.717) is 0 Å². The summed E-state index contributed by atoms with van der Waals surface area (Å²) in [6.45, 7) is 0. The molecule has 0 unspecified atom stereocenters. The number of nitrogens with zero attached hydrogens (tertiary/aromatic N) is 3. The second kappa shape index (κ2) is 21.6. The summed E-state index contributed by atoms with van der Waals surface area (Å²) >= 11 is 0. The summed E-state index contributed by atoms with van der Waals surface area (Å²) < 4.78 is 2.41. The Morgan fingerprint density at radius 3 is 0.815 bits per heavy atom. The van der Waals surface area contributed by atoms with Crippen molar-refractivity contribution in [3.8, 4) is 72.4 Å². The van der Waals surface area contributed by atoms with Gasteiger partial charge < -0.3 is 14.4 Å². The Bertz CT molecular complexity index is 4070. The molecule has 1 aromatic heterocycles. The summed E-state index contributed by atoms with van der Waals surface area (Å²) in [5.41, 5.74) is 23.7. The Balaban J connectivity index is 0.976. The number of fused-ring (bicyclic) bond motifs is 3. The molecule has 13 aromatic carbocycles. The van der Waals surface area contributed by atoms with Crippen LogP contribution >= 0.6 is 0 Å². The number of rotatable bonds is 13. The average molecular weight is 1030 g/mol. The van der Waals surface area contributed by atoms with E-state index in [1.54, 1.807) is 0 Å². The molecule has 81 heavy (non-hydrogen) atoms. The van der Waals surface area contributed by atoms with Crippen molar-refractivity contribution in [3.05, 3.63) is 334 Å². The van der Waals surface area contributed by atoms with E-state index >= 15 is 0 Å². The minimum Gasteiger partial charge on any atom is -0.310 e. The fourth-order valence-corrected chi connectivity index (χ4v) is 11.5. The van der Waals surface area contributed by atoms with Crippen molar-refractivity contribution in [1.82, 2.24) is 4.57 Å². The molecule has 14 rings (SSSR count). The molecular formula is C78H55N3. The molecule has 0 saturated carbocycles. The van der Waals surface area contributed by atoms with Gasteiger partial charge in [-0.2, -0.15) is 0 Å². The van der Waals surface area contributed by atoms with Crippen molar-refractivity contribution < 1.29 is 0 Å². The summed E-state index contributed by atoms with van der Waals surface area (Å²) in [5.74, 6) is 0. The molecule has 0 atom stereocenters. The molecule has 0 aliphatic rings. The van der Waals surface area contributed by atoms with Gasteiger partial charge in [0.25, 0.3) is 0 Å². The summed E-state index contributed by atoms with van der Waals surface area (Å²) in [7, 11) is 0. The second-order valence-corrected chi connectivity index (χ2v) is 20.6. The minimum atomic E-state index is 1.02. The molecule has 0 aliphatic heterocycles. The third-order valence-electron chi connectivity index (χ3n) is 15.6. The van der Waals surface area contributed by atoms with Crippen LogP contribution in [0, 0.1) is 0 Å². The van der Waals surface area contributed by atoms with Gasteiger partial charge in [0.15, 0.2) is 0 Å². The highest BCUT2D eigenvalue weighted by Crippen LogP contribution is 2.46. The predicted molar refractivity (Wildman–Crippen MR) is 343 cm³/mol. The van der Waals surface area contributed by atoms with Crippen molar-refractivity contribution in [3.63, 3.8) is 0 Å². The van der Waals surface area contributed by atoms with Gasteiger partial charge in [-0.25, -0.2) is 0 Å². The quantitative estimate of drug-likeness (QED) is 0.114. The molecule has 0 saturated heterocycles. The van der Waals surface area contributed by atoms with Crippen LogP contribution in [0.25, 0.3) is 94.3 Å². The van der Waals surface area contributed by atoms with E-state index in [0.717, 1.165) is 78.7 Å². The number of aromatic nitrogens is 1. The largest absolute Gasteiger partial charge is 0.310 e. The van der Waals surface area contributed by atoms with Crippen molar-refractivity contribution in [2.45, 2.75) is 0 Å². The average Bonchev–Trinajstić information content (AvgIpc) is 3.96. The zero-order valence-corrected chi connectivity index (χ0v) is 44.6. The fourth-order valence-electron chi connectivity index (χ4n) is 11.5. The maximum atomic E-state index is 2.41.